The second-order valence-electron chi connectivity index (χ2n) is 2.37. The van der Waals surface area contributed by atoms with Crippen LogP contribution in [0.25, 0.3) is 0 Å². The van der Waals surface area contributed by atoms with Gasteiger partial charge in [0.15, 0.2) is 4.60 Å². The lowest BCUT2D eigenvalue weighted by Gasteiger charge is -2.06. The molecular formula is C7H9BrN2O2. The monoisotopic (exact) mass is 232 g/mol. The number of aromatic nitrogens is 2. The van der Waals surface area contributed by atoms with Gasteiger partial charge in [0.25, 0.3) is 5.56 Å². The Morgan fingerprint density at radius 2 is 2.42 bits per heavy atom. The Hall–Kier alpha value is -0.680. The van der Waals surface area contributed by atoms with Gasteiger partial charge in [0.1, 0.15) is 0 Å². The SMILES string of the molecule is Cc1cnc(Br)c(=O)n1CCO. The molecule has 0 bridgehead atoms. The van der Waals surface area contributed by atoms with Crippen LogP contribution in [0.5, 0.6) is 0 Å². The highest BCUT2D eigenvalue weighted by Crippen LogP contribution is 1.99. The van der Waals surface area contributed by atoms with Crippen LogP contribution in [0.15, 0.2) is 15.6 Å². The van der Waals surface area contributed by atoms with Gasteiger partial charge in [-0.15, -0.1) is 0 Å². The topological polar surface area (TPSA) is 55.1 Å². The molecule has 4 nitrogen and oxygen atoms in total. The van der Waals surface area contributed by atoms with Gasteiger partial charge in [0.2, 0.25) is 0 Å². The lowest BCUT2D eigenvalue weighted by Crippen LogP contribution is -2.25. The lowest BCUT2D eigenvalue weighted by atomic mass is 10.4. The van der Waals surface area contributed by atoms with Crippen LogP contribution in [0, 0.1) is 6.92 Å². The molecule has 0 spiro atoms. The minimum absolute atomic E-state index is 0.0444. The fourth-order valence-corrected chi connectivity index (χ4v) is 1.24. The van der Waals surface area contributed by atoms with Crippen LogP contribution in [0.4, 0.5) is 0 Å². The summed E-state index contributed by atoms with van der Waals surface area (Å²) in [6, 6.07) is 0. The normalized spacial score (nSPS) is 10.2. The van der Waals surface area contributed by atoms with Gasteiger partial charge >= 0.3 is 0 Å². The Bertz CT molecular complexity index is 335. The highest BCUT2D eigenvalue weighted by atomic mass is 79.9. The van der Waals surface area contributed by atoms with Gasteiger partial charge in [-0.1, -0.05) is 0 Å². The summed E-state index contributed by atoms with van der Waals surface area (Å²) >= 11 is 3.02. The summed E-state index contributed by atoms with van der Waals surface area (Å²) in [4.78, 5) is 15.1. The van der Waals surface area contributed by atoms with Crippen LogP contribution < -0.4 is 5.56 Å². The molecule has 12 heavy (non-hydrogen) atoms. The lowest BCUT2D eigenvalue weighted by molar-refractivity contribution is 0.272. The van der Waals surface area contributed by atoms with Gasteiger partial charge in [0.05, 0.1) is 6.61 Å². The summed E-state index contributed by atoms with van der Waals surface area (Å²) in [5.41, 5.74) is 0.543. The van der Waals surface area contributed by atoms with E-state index in [2.05, 4.69) is 20.9 Å². The molecule has 1 rings (SSSR count). The molecule has 0 aliphatic carbocycles. The Labute approximate surface area is 78.0 Å². The van der Waals surface area contributed by atoms with Crippen LogP contribution in [-0.4, -0.2) is 21.3 Å². The summed E-state index contributed by atoms with van der Waals surface area (Å²) < 4.78 is 1.75. The van der Waals surface area contributed by atoms with E-state index in [1.165, 1.54) is 4.57 Å². The van der Waals surface area contributed by atoms with E-state index in [4.69, 9.17) is 5.11 Å². The maximum atomic E-state index is 11.3. The Morgan fingerprint density at radius 3 is 3.00 bits per heavy atom. The van der Waals surface area contributed by atoms with Gasteiger partial charge in [-0.2, -0.15) is 0 Å². The summed E-state index contributed by atoms with van der Waals surface area (Å²) in [5, 5.41) is 8.66. The van der Waals surface area contributed by atoms with Crippen molar-refractivity contribution >= 4 is 15.9 Å². The van der Waals surface area contributed by atoms with Crippen molar-refractivity contribution < 1.29 is 5.11 Å². The van der Waals surface area contributed by atoms with Crippen LogP contribution in [0.1, 0.15) is 5.69 Å². The van der Waals surface area contributed by atoms with E-state index in [1.54, 1.807) is 13.1 Å². The van der Waals surface area contributed by atoms with Crippen LogP contribution >= 0.6 is 15.9 Å². The third kappa shape index (κ3) is 1.73. The number of hydrogen-bond donors (Lipinski definition) is 1. The van der Waals surface area contributed by atoms with Gasteiger partial charge in [-0.05, 0) is 22.9 Å². The van der Waals surface area contributed by atoms with Crippen molar-refractivity contribution in [3.63, 3.8) is 0 Å². The summed E-state index contributed by atoms with van der Waals surface area (Å²) in [7, 11) is 0. The van der Waals surface area contributed by atoms with Crippen molar-refractivity contribution in [3.8, 4) is 0 Å². The Balaban J connectivity index is 3.24. The second kappa shape index (κ2) is 3.82. The third-order valence-corrected chi connectivity index (χ3v) is 2.08. The molecule has 66 valence electrons. The molecule has 0 aromatic carbocycles. The molecule has 0 amide bonds. The van der Waals surface area contributed by atoms with Crippen molar-refractivity contribution in [2.75, 3.05) is 6.61 Å². The van der Waals surface area contributed by atoms with E-state index in [-0.39, 0.29) is 16.8 Å². The molecule has 0 saturated heterocycles. The average molecular weight is 233 g/mol. The van der Waals surface area contributed by atoms with E-state index >= 15 is 0 Å². The van der Waals surface area contributed by atoms with E-state index in [0.717, 1.165) is 5.69 Å². The number of halogens is 1. The minimum Gasteiger partial charge on any atom is -0.395 e. The number of rotatable bonds is 2. The second-order valence-corrected chi connectivity index (χ2v) is 3.12. The average Bonchev–Trinajstić information content (AvgIpc) is 2.06. The summed E-state index contributed by atoms with van der Waals surface area (Å²) in [6.07, 6.45) is 1.58. The molecule has 1 aromatic heterocycles. The largest absolute Gasteiger partial charge is 0.395 e. The molecule has 0 unspecified atom stereocenters. The third-order valence-electron chi connectivity index (χ3n) is 1.54. The fraction of sp³-hybridized carbons (Fsp3) is 0.429. The maximum absolute atomic E-state index is 11.3. The smallest absolute Gasteiger partial charge is 0.283 e. The molecule has 1 N–H and O–H groups in total. The molecule has 0 radical (unpaired) electrons. The van der Waals surface area contributed by atoms with Gasteiger partial charge < -0.3 is 9.67 Å². The quantitative estimate of drug-likeness (QED) is 0.799. The Kier molecular flexibility index (Phi) is 2.99. The van der Waals surface area contributed by atoms with E-state index in [1.807, 2.05) is 0 Å². The number of aryl methyl sites for hydroxylation is 1. The first-order chi connectivity index (χ1) is 5.66. The van der Waals surface area contributed by atoms with E-state index < -0.39 is 0 Å². The number of hydrogen-bond acceptors (Lipinski definition) is 3. The first-order valence-electron chi connectivity index (χ1n) is 3.49. The molecule has 1 aromatic rings. The van der Waals surface area contributed by atoms with Crippen molar-refractivity contribution in [1.29, 1.82) is 0 Å². The first-order valence-corrected chi connectivity index (χ1v) is 4.29. The maximum Gasteiger partial charge on any atom is 0.283 e. The first kappa shape index (κ1) is 9.41. The van der Waals surface area contributed by atoms with Crippen molar-refractivity contribution in [3.05, 3.63) is 26.8 Å². The number of aliphatic hydroxyl groups is 1. The highest BCUT2D eigenvalue weighted by molar-refractivity contribution is 9.10. The summed E-state index contributed by atoms with van der Waals surface area (Å²) in [5.74, 6) is 0. The van der Waals surface area contributed by atoms with E-state index in [9.17, 15) is 4.79 Å². The zero-order valence-electron chi connectivity index (χ0n) is 6.62. The zero-order chi connectivity index (χ0) is 9.14. The molecule has 0 saturated carbocycles. The minimum atomic E-state index is -0.205. The zero-order valence-corrected chi connectivity index (χ0v) is 8.21. The molecule has 0 fully saturated rings. The van der Waals surface area contributed by atoms with E-state index in [0.29, 0.717) is 6.54 Å². The predicted octanol–water partition coefficient (Wildman–Crippen LogP) is 0.307. The van der Waals surface area contributed by atoms with Gasteiger partial charge in [0, 0.05) is 18.4 Å². The summed E-state index contributed by atoms with van der Waals surface area (Å²) in [6.45, 7) is 2.04. The molecule has 0 aliphatic heterocycles. The Morgan fingerprint density at radius 1 is 1.75 bits per heavy atom. The molecular weight excluding hydrogens is 224 g/mol. The molecule has 0 atom stereocenters. The van der Waals surface area contributed by atoms with Crippen LogP contribution in [0.2, 0.25) is 0 Å². The van der Waals surface area contributed by atoms with Crippen molar-refractivity contribution in [1.82, 2.24) is 9.55 Å². The molecule has 0 aliphatic rings. The van der Waals surface area contributed by atoms with Crippen LogP contribution in [-0.2, 0) is 6.54 Å². The molecule has 1 heterocycles. The van der Waals surface area contributed by atoms with Gasteiger partial charge in [-0.25, -0.2) is 4.98 Å². The highest BCUT2D eigenvalue weighted by Gasteiger charge is 2.03. The molecule has 5 heteroatoms. The predicted molar refractivity (Wildman–Crippen MR) is 48.0 cm³/mol. The van der Waals surface area contributed by atoms with Crippen molar-refractivity contribution in [2.45, 2.75) is 13.5 Å². The number of aliphatic hydroxyl groups excluding tert-OH is 1. The van der Waals surface area contributed by atoms with Crippen molar-refractivity contribution in [2.24, 2.45) is 0 Å². The standard InChI is InChI=1S/C7H9BrN2O2/c1-5-4-9-6(8)7(12)10(5)2-3-11/h4,11H,2-3H2,1H3. The number of nitrogens with zero attached hydrogens (tertiary/aromatic N) is 2. The van der Waals surface area contributed by atoms with Gasteiger partial charge in [-0.3, -0.25) is 4.79 Å². The van der Waals surface area contributed by atoms with Crippen LogP contribution in [0.3, 0.4) is 0 Å². The fourth-order valence-electron chi connectivity index (χ4n) is 0.924.